The van der Waals surface area contributed by atoms with Gasteiger partial charge in [0.25, 0.3) is 5.91 Å². The third-order valence-corrected chi connectivity index (χ3v) is 4.16. The van der Waals surface area contributed by atoms with E-state index in [0.29, 0.717) is 11.6 Å². The molecule has 0 bridgehead atoms. The van der Waals surface area contributed by atoms with Gasteiger partial charge < -0.3 is 10.1 Å². The zero-order valence-electron chi connectivity index (χ0n) is 14.7. The van der Waals surface area contributed by atoms with Crippen LogP contribution in [-0.2, 0) is 19.1 Å². The molecule has 2 rings (SSSR count). The highest BCUT2D eigenvalue weighted by molar-refractivity contribution is 6.37. The summed E-state index contributed by atoms with van der Waals surface area (Å²) < 4.78 is 5.15. The molecule has 0 unspecified atom stereocenters. The Morgan fingerprint density at radius 1 is 1.28 bits per heavy atom. The molecule has 1 heterocycles. The summed E-state index contributed by atoms with van der Waals surface area (Å²) in [7, 11) is 0. The van der Waals surface area contributed by atoms with E-state index in [1.54, 1.807) is 0 Å². The van der Waals surface area contributed by atoms with Crippen molar-refractivity contribution in [3.63, 3.8) is 0 Å². The van der Waals surface area contributed by atoms with Gasteiger partial charge >= 0.3 is 5.97 Å². The molecule has 2 atom stereocenters. The van der Waals surface area contributed by atoms with E-state index in [-0.39, 0.29) is 24.5 Å². The number of amides is 2. The lowest BCUT2D eigenvalue weighted by Gasteiger charge is -2.18. The molecule has 2 N–H and O–H groups in total. The standard InChI is InChI=1S/C18H23N3O4/c1-4-11(2)13-7-5-6-8-14(13)19-17(23)12(3)25-18(24)15-9-10-16(22)21-20-15/h5-8,11-12H,4,9-10H2,1-3H3,(H,19,23)(H,21,22)/t11-,12+/m1/s1. The number of hydrogen-bond donors (Lipinski definition) is 2. The minimum atomic E-state index is -0.974. The SMILES string of the molecule is CC[C@@H](C)c1ccccc1NC(=O)[C@H](C)OC(=O)C1=NNC(=O)CC1. The van der Waals surface area contributed by atoms with Crippen LogP contribution in [0.3, 0.4) is 0 Å². The number of esters is 1. The Kier molecular flexibility index (Phi) is 6.27. The van der Waals surface area contributed by atoms with E-state index in [4.69, 9.17) is 4.74 Å². The summed E-state index contributed by atoms with van der Waals surface area (Å²) in [6, 6.07) is 7.57. The quantitative estimate of drug-likeness (QED) is 0.773. The number of benzene rings is 1. The van der Waals surface area contributed by atoms with Crippen molar-refractivity contribution in [1.29, 1.82) is 0 Å². The molecule has 1 aromatic rings. The van der Waals surface area contributed by atoms with Gasteiger partial charge in [0.15, 0.2) is 6.10 Å². The molecular formula is C18H23N3O4. The predicted octanol–water partition coefficient (Wildman–Crippen LogP) is 2.34. The van der Waals surface area contributed by atoms with E-state index in [1.807, 2.05) is 24.3 Å². The number of hydrogen-bond acceptors (Lipinski definition) is 5. The molecule has 1 aromatic carbocycles. The van der Waals surface area contributed by atoms with E-state index in [9.17, 15) is 14.4 Å². The zero-order chi connectivity index (χ0) is 18.4. The van der Waals surface area contributed by atoms with Crippen molar-refractivity contribution >= 4 is 29.2 Å². The van der Waals surface area contributed by atoms with Gasteiger partial charge in [-0.05, 0) is 30.9 Å². The van der Waals surface area contributed by atoms with Crippen molar-refractivity contribution in [2.45, 2.75) is 52.1 Å². The fourth-order valence-electron chi connectivity index (χ4n) is 2.40. The van der Waals surface area contributed by atoms with Crippen LogP contribution < -0.4 is 10.7 Å². The second-order valence-electron chi connectivity index (χ2n) is 6.03. The highest BCUT2D eigenvalue weighted by atomic mass is 16.5. The average molecular weight is 345 g/mol. The first kappa shape index (κ1) is 18.6. The topological polar surface area (TPSA) is 96.9 Å². The fourth-order valence-corrected chi connectivity index (χ4v) is 2.40. The average Bonchev–Trinajstić information content (AvgIpc) is 2.61. The second kappa shape index (κ2) is 8.41. The smallest absolute Gasteiger partial charge is 0.355 e. The molecule has 0 aliphatic carbocycles. The minimum absolute atomic E-state index is 0.110. The van der Waals surface area contributed by atoms with E-state index in [0.717, 1.165) is 12.0 Å². The number of carbonyl (C=O) groups is 3. The van der Waals surface area contributed by atoms with Crippen molar-refractivity contribution < 1.29 is 19.1 Å². The molecular weight excluding hydrogens is 322 g/mol. The summed E-state index contributed by atoms with van der Waals surface area (Å²) in [5.41, 5.74) is 4.09. The lowest BCUT2D eigenvalue weighted by Crippen LogP contribution is -2.35. The first-order chi connectivity index (χ1) is 11.9. The molecule has 0 fully saturated rings. The van der Waals surface area contributed by atoms with Gasteiger partial charge in [0, 0.05) is 18.5 Å². The maximum atomic E-state index is 12.3. The maximum Gasteiger partial charge on any atom is 0.355 e. The van der Waals surface area contributed by atoms with Crippen molar-refractivity contribution in [2.75, 3.05) is 5.32 Å². The number of para-hydroxylation sites is 1. The predicted molar refractivity (Wildman–Crippen MR) is 94.1 cm³/mol. The van der Waals surface area contributed by atoms with E-state index < -0.39 is 18.0 Å². The van der Waals surface area contributed by atoms with Crippen LogP contribution in [0, 0.1) is 0 Å². The van der Waals surface area contributed by atoms with Gasteiger partial charge in [-0.3, -0.25) is 9.59 Å². The molecule has 7 heteroatoms. The minimum Gasteiger partial charge on any atom is -0.448 e. The maximum absolute atomic E-state index is 12.3. The monoisotopic (exact) mass is 345 g/mol. The van der Waals surface area contributed by atoms with Crippen molar-refractivity contribution in [3.8, 4) is 0 Å². The summed E-state index contributed by atoms with van der Waals surface area (Å²) in [5, 5.41) is 6.48. The highest BCUT2D eigenvalue weighted by Gasteiger charge is 2.25. The van der Waals surface area contributed by atoms with Crippen LogP contribution in [-0.4, -0.2) is 29.6 Å². The summed E-state index contributed by atoms with van der Waals surface area (Å²) in [6.45, 7) is 5.67. The van der Waals surface area contributed by atoms with Crippen LogP contribution in [0.1, 0.15) is 51.5 Å². The normalized spacial score (nSPS) is 16.3. The molecule has 0 saturated heterocycles. The van der Waals surface area contributed by atoms with Crippen LogP contribution >= 0.6 is 0 Å². The van der Waals surface area contributed by atoms with Gasteiger partial charge in [0.05, 0.1) is 0 Å². The third-order valence-electron chi connectivity index (χ3n) is 4.16. The molecule has 1 aliphatic rings. The molecule has 0 spiro atoms. The Morgan fingerprint density at radius 3 is 2.64 bits per heavy atom. The molecule has 7 nitrogen and oxygen atoms in total. The number of ether oxygens (including phenoxy) is 1. The summed E-state index contributed by atoms with van der Waals surface area (Å²) in [4.78, 5) is 35.4. The molecule has 1 aliphatic heterocycles. The Morgan fingerprint density at radius 2 is 2.00 bits per heavy atom. The van der Waals surface area contributed by atoms with Crippen molar-refractivity contribution in [3.05, 3.63) is 29.8 Å². The Hall–Kier alpha value is -2.70. The van der Waals surface area contributed by atoms with Crippen LogP contribution in [0.25, 0.3) is 0 Å². The van der Waals surface area contributed by atoms with Gasteiger partial charge in [-0.1, -0.05) is 32.0 Å². The first-order valence-electron chi connectivity index (χ1n) is 8.38. The van der Waals surface area contributed by atoms with Gasteiger partial charge in [-0.2, -0.15) is 5.10 Å². The largest absolute Gasteiger partial charge is 0.448 e. The second-order valence-corrected chi connectivity index (χ2v) is 6.03. The molecule has 0 radical (unpaired) electrons. The number of rotatable bonds is 6. The van der Waals surface area contributed by atoms with Gasteiger partial charge in [-0.25, -0.2) is 10.2 Å². The van der Waals surface area contributed by atoms with Gasteiger partial charge in [0.1, 0.15) is 5.71 Å². The number of carbonyl (C=O) groups excluding carboxylic acids is 3. The number of anilines is 1. The van der Waals surface area contributed by atoms with Crippen LogP contribution in [0.4, 0.5) is 5.69 Å². The van der Waals surface area contributed by atoms with Gasteiger partial charge in [0.2, 0.25) is 5.91 Å². The Bertz CT molecular complexity index is 699. The summed E-state index contributed by atoms with van der Waals surface area (Å²) in [6.07, 6.45) is 0.355. The number of nitrogens with one attached hydrogen (secondary N) is 2. The van der Waals surface area contributed by atoms with Crippen LogP contribution in [0.5, 0.6) is 0 Å². The summed E-state index contributed by atoms with van der Waals surface area (Å²) >= 11 is 0. The fraction of sp³-hybridized carbons (Fsp3) is 0.444. The Balaban J connectivity index is 1.99. The third kappa shape index (κ3) is 4.89. The van der Waals surface area contributed by atoms with E-state index in [1.165, 1.54) is 6.92 Å². The van der Waals surface area contributed by atoms with Crippen LogP contribution in [0.15, 0.2) is 29.4 Å². The highest BCUT2D eigenvalue weighted by Crippen LogP contribution is 2.26. The number of hydrazone groups is 1. The van der Waals surface area contributed by atoms with Crippen LogP contribution in [0.2, 0.25) is 0 Å². The molecule has 0 aromatic heterocycles. The number of nitrogens with zero attached hydrogens (tertiary/aromatic N) is 1. The molecule has 25 heavy (non-hydrogen) atoms. The van der Waals surface area contributed by atoms with Gasteiger partial charge in [-0.15, -0.1) is 0 Å². The molecule has 2 amide bonds. The molecule has 134 valence electrons. The van der Waals surface area contributed by atoms with E-state index >= 15 is 0 Å². The van der Waals surface area contributed by atoms with Crippen molar-refractivity contribution in [2.24, 2.45) is 5.10 Å². The first-order valence-corrected chi connectivity index (χ1v) is 8.38. The van der Waals surface area contributed by atoms with E-state index in [2.05, 4.69) is 29.7 Å². The summed E-state index contributed by atoms with van der Waals surface area (Å²) in [5.74, 6) is -1.05. The van der Waals surface area contributed by atoms with Crippen molar-refractivity contribution in [1.82, 2.24) is 5.43 Å². The molecule has 0 saturated carbocycles. The lowest BCUT2D eigenvalue weighted by atomic mass is 9.97. The lowest BCUT2D eigenvalue weighted by molar-refractivity contribution is -0.146. The zero-order valence-corrected chi connectivity index (χ0v) is 14.7. The Labute approximate surface area is 146 Å².